The molecule has 0 aromatic heterocycles. The van der Waals surface area contributed by atoms with Crippen molar-refractivity contribution < 1.29 is 19.5 Å². The molecule has 2 amide bonds. The van der Waals surface area contributed by atoms with Crippen molar-refractivity contribution in [1.29, 1.82) is 0 Å². The number of carboxylic acids is 1. The van der Waals surface area contributed by atoms with Crippen LogP contribution >= 0.6 is 0 Å². The highest BCUT2D eigenvalue weighted by Crippen LogP contribution is 2.24. The zero-order valence-corrected chi connectivity index (χ0v) is 12.0. The maximum Gasteiger partial charge on any atom is 0.321 e. The van der Waals surface area contributed by atoms with Crippen LogP contribution in [-0.4, -0.2) is 40.9 Å². The molecule has 6 heteroatoms. The average molecular weight is 290 g/mol. The predicted octanol–water partition coefficient (Wildman–Crippen LogP) is 2.07. The summed E-state index contributed by atoms with van der Waals surface area (Å²) in [6.07, 6.45) is 0. The largest absolute Gasteiger partial charge is 0.481 e. The minimum absolute atomic E-state index is 0.0724. The number of carbonyl (C=O) groups excluding carboxylic acids is 2. The molecule has 1 aliphatic heterocycles. The number of amides is 2. The van der Waals surface area contributed by atoms with E-state index < -0.39 is 11.9 Å². The number of carboxylic acid groups (broad SMARTS) is 1. The highest BCUT2D eigenvalue weighted by Gasteiger charge is 2.36. The molecule has 1 saturated heterocycles. The second-order valence-electron chi connectivity index (χ2n) is 5.39. The van der Waals surface area contributed by atoms with Crippen LogP contribution in [0.15, 0.2) is 24.3 Å². The molecule has 0 spiro atoms. The predicted molar refractivity (Wildman–Crippen MR) is 77.3 cm³/mol. The summed E-state index contributed by atoms with van der Waals surface area (Å²) in [5, 5.41) is 11.8. The number of benzene rings is 1. The molecule has 0 radical (unpaired) electrons. The van der Waals surface area contributed by atoms with E-state index in [0.717, 1.165) is 0 Å². The van der Waals surface area contributed by atoms with Gasteiger partial charge in [-0.1, -0.05) is 19.1 Å². The smallest absolute Gasteiger partial charge is 0.321 e. The standard InChI is InChI=1S/C15H18N2O4/c1-9-7-17(8-13(9)14(19)20)15(21)16-12-5-3-4-11(6-12)10(2)18/h3-6,9,13H,7-8H2,1-2H3,(H,16,21)(H,19,20). The number of rotatable bonds is 3. The Bertz CT molecular complexity index is 585. The summed E-state index contributed by atoms with van der Waals surface area (Å²) >= 11 is 0. The molecule has 6 nitrogen and oxygen atoms in total. The second-order valence-corrected chi connectivity index (χ2v) is 5.39. The molecule has 1 aliphatic rings. The molecule has 2 atom stereocenters. The fourth-order valence-corrected chi connectivity index (χ4v) is 2.47. The SMILES string of the molecule is CC(=O)c1cccc(NC(=O)N2CC(C)C(C(=O)O)C2)c1. The van der Waals surface area contributed by atoms with Crippen molar-refractivity contribution in [2.75, 3.05) is 18.4 Å². The molecule has 1 fully saturated rings. The minimum Gasteiger partial charge on any atom is -0.481 e. The van der Waals surface area contributed by atoms with Crippen LogP contribution in [0.4, 0.5) is 10.5 Å². The molecular weight excluding hydrogens is 272 g/mol. The van der Waals surface area contributed by atoms with Crippen molar-refractivity contribution >= 4 is 23.5 Å². The number of likely N-dealkylation sites (tertiary alicyclic amines) is 1. The van der Waals surface area contributed by atoms with E-state index in [1.165, 1.54) is 11.8 Å². The molecule has 2 N–H and O–H groups in total. The van der Waals surface area contributed by atoms with Crippen LogP contribution in [0.1, 0.15) is 24.2 Å². The third-order valence-electron chi connectivity index (χ3n) is 3.74. The van der Waals surface area contributed by atoms with Gasteiger partial charge >= 0.3 is 12.0 Å². The number of ketones is 1. The summed E-state index contributed by atoms with van der Waals surface area (Å²) in [4.78, 5) is 36.0. The van der Waals surface area contributed by atoms with Crippen molar-refractivity contribution in [3.63, 3.8) is 0 Å². The number of hydrogen-bond donors (Lipinski definition) is 2. The number of urea groups is 1. The number of carbonyl (C=O) groups is 3. The molecule has 2 rings (SSSR count). The van der Waals surface area contributed by atoms with E-state index >= 15 is 0 Å². The van der Waals surface area contributed by atoms with Gasteiger partial charge in [-0.25, -0.2) is 4.79 Å². The topological polar surface area (TPSA) is 86.7 Å². The Morgan fingerprint density at radius 2 is 2.00 bits per heavy atom. The van der Waals surface area contributed by atoms with Crippen molar-refractivity contribution in [2.24, 2.45) is 11.8 Å². The summed E-state index contributed by atoms with van der Waals surface area (Å²) in [6.45, 7) is 3.90. The lowest BCUT2D eigenvalue weighted by atomic mass is 9.99. The minimum atomic E-state index is -0.878. The summed E-state index contributed by atoms with van der Waals surface area (Å²) in [5.74, 6) is -1.56. The van der Waals surface area contributed by atoms with E-state index in [-0.39, 0.29) is 24.3 Å². The van der Waals surface area contributed by atoms with Crippen LogP contribution in [0.3, 0.4) is 0 Å². The van der Waals surface area contributed by atoms with E-state index in [4.69, 9.17) is 5.11 Å². The number of Topliss-reactive ketones (excluding diaryl/α,β-unsaturated/α-hetero) is 1. The Morgan fingerprint density at radius 1 is 1.29 bits per heavy atom. The highest BCUT2D eigenvalue weighted by atomic mass is 16.4. The molecular formula is C15H18N2O4. The summed E-state index contributed by atoms with van der Waals surface area (Å²) in [7, 11) is 0. The first-order valence-corrected chi connectivity index (χ1v) is 6.78. The van der Waals surface area contributed by atoms with Crippen LogP contribution in [-0.2, 0) is 4.79 Å². The molecule has 112 valence electrons. The van der Waals surface area contributed by atoms with Gasteiger partial charge in [-0.2, -0.15) is 0 Å². The van der Waals surface area contributed by atoms with Crippen LogP contribution in [0.2, 0.25) is 0 Å². The second kappa shape index (κ2) is 5.95. The first kappa shape index (κ1) is 15.0. The Balaban J connectivity index is 2.04. The van der Waals surface area contributed by atoms with Gasteiger partial charge in [0.15, 0.2) is 5.78 Å². The zero-order chi connectivity index (χ0) is 15.6. The lowest BCUT2D eigenvalue weighted by Gasteiger charge is -2.17. The monoisotopic (exact) mass is 290 g/mol. The molecule has 1 aromatic rings. The van der Waals surface area contributed by atoms with Crippen LogP contribution in [0.5, 0.6) is 0 Å². The lowest BCUT2D eigenvalue weighted by Crippen LogP contribution is -2.33. The maximum atomic E-state index is 12.1. The first-order chi connectivity index (χ1) is 9.88. The molecule has 0 aliphatic carbocycles. The van der Waals surface area contributed by atoms with Gasteiger partial charge in [0.2, 0.25) is 0 Å². The van der Waals surface area contributed by atoms with Crippen molar-refractivity contribution in [2.45, 2.75) is 13.8 Å². The molecule has 0 saturated carbocycles. The van der Waals surface area contributed by atoms with Gasteiger partial charge < -0.3 is 15.3 Å². The van der Waals surface area contributed by atoms with Crippen molar-refractivity contribution in [3.8, 4) is 0 Å². The van der Waals surface area contributed by atoms with Crippen LogP contribution in [0.25, 0.3) is 0 Å². The highest BCUT2D eigenvalue weighted by molar-refractivity contribution is 5.96. The fraction of sp³-hybridized carbons (Fsp3) is 0.400. The maximum absolute atomic E-state index is 12.1. The molecule has 1 heterocycles. The van der Waals surface area contributed by atoms with E-state index in [1.807, 2.05) is 6.92 Å². The van der Waals surface area contributed by atoms with Gasteiger partial charge in [0.05, 0.1) is 5.92 Å². The van der Waals surface area contributed by atoms with Gasteiger partial charge in [0.25, 0.3) is 0 Å². The number of anilines is 1. The number of aliphatic carboxylic acids is 1. The van der Waals surface area contributed by atoms with E-state index in [9.17, 15) is 14.4 Å². The molecule has 21 heavy (non-hydrogen) atoms. The van der Waals surface area contributed by atoms with E-state index in [2.05, 4.69) is 5.32 Å². The lowest BCUT2D eigenvalue weighted by molar-refractivity contribution is -0.142. The molecule has 0 bridgehead atoms. The quantitative estimate of drug-likeness (QED) is 0.834. The third-order valence-corrected chi connectivity index (χ3v) is 3.74. The van der Waals surface area contributed by atoms with Crippen LogP contribution in [0, 0.1) is 11.8 Å². The first-order valence-electron chi connectivity index (χ1n) is 6.78. The number of hydrogen-bond acceptors (Lipinski definition) is 3. The normalized spacial score (nSPS) is 21.1. The third kappa shape index (κ3) is 3.39. The van der Waals surface area contributed by atoms with Crippen molar-refractivity contribution in [3.05, 3.63) is 29.8 Å². The molecule has 1 aromatic carbocycles. The van der Waals surface area contributed by atoms with Gasteiger partial charge in [-0.3, -0.25) is 9.59 Å². The Hall–Kier alpha value is -2.37. The molecule has 2 unspecified atom stereocenters. The zero-order valence-electron chi connectivity index (χ0n) is 12.0. The Labute approximate surface area is 122 Å². The van der Waals surface area contributed by atoms with Gasteiger partial charge in [0, 0.05) is 24.3 Å². The van der Waals surface area contributed by atoms with Gasteiger partial charge in [0.1, 0.15) is 0 Å². The number of nitrogens with one attached hydrogen (secondary N) is 1. The number of nitrogens with zero attached hydrogens (tertiary/aromatic N) is 1. The van der Waals surface area contributed by atoms with E-state index in [1.54, 1.807) is 24.3 Å². The van der Waals surface area contributed by atoms with Gasteiger partial charge in [-0.15, -0.1) is 0 Å². The average Bonchev–Trinajstić information content (AvgIpc) is 2.81. The summed E-state index contributed by atoms with van der Waals surface area (Å²) < 4.78 is 0. The summed E-state index contributed by atoms with van der Waals surface area (Å²) in [5.41, 5.74) is 1.05. The summed E-state index contributed by atoms with van der Waals surface area (Å²) in [6, 6.07) is 6.33. The van der Waals surface area contributed by atoms with Crippen LogP contribution < -0.4 is 5.32 Å². The van der Waals surface area contributed by atoms with Crippen molar-refractivity contribution in [1.82, 2.24) is 4.90 Å². The van der Waals surface area contributed by atoms with Gasteiger partial charge in [-0.05, 0) is 25.0 Å². The Kier molecular flexibility index (Phi) is 4.26. The van der Waals surface area contributed by atoms with E-state index in [0.29, 0.717) is 17.8 Å². The Morgan fingerprint density at radius 3 is 2.57 bits per heavy atom. The fourth-order valence-electron chi connectivity index (χ4n) is 2.47.